The standard InChI is InChI=1S/C15H24N6OS/c1-3-4-5-21-12(11-22)10-16-13(21)14-17-18-15(23-14)20-8-6-19(2)7-9-20/h10,22H,3-9,11H2,1-2H3. The fourth-order valence-corrected chi connectivity index (χ4v) is 3.61. The SMILES string of the molecule is CCCCn1c(CO)cnc1-c1nnc(N2CCN(C)CC2)s1. The first-order chi connectivity index (χ1) is 11.2. The number of hydrogen-bond donors (Lipinski definition) is 1. The Hall–Kier alpha value is -1.51. The number of imidazole rings is 1. The molecule has 1 fully saturated rings. The first-order valence-corrected chi connectivity index (χ1v) is 8.97. The molecule has 0 radical (unpaired) electrons. The van der Waals surface area contributed by atoms with E-state index >= 15 is 0 Å². The van der Waals surface area contributed by atoms with Crippen molar-refractivity contribution < 1.29 is 5.11 Å². The van der Waals surface area contributed by atoms with Gasteiger partial charge < -0.3 is 19.5 Å². The van der Waals surface area contributed by atoms with Crippen LogP contribution in [-0.2, 0) is 13.2 Å². The Bertz CT molecular complexity index is 632. The summed E-state index contributed by atoms with van der Waals surface area (Å²) in [6.07, 6.45) is 3.90. The predicted molar refractivity (Wildman–Crippen MR) is 91.7 cm³/mol. The molecule has 1 N–H and O–H groups in total. The van der Waals surface area contributed by atoms with Gasteiger partial charge >= 0.3 is 0 Å². The van der Waals surface area contributed by atoms with Crippen LogP contribution in [0.25, 0.3) is 10.8 Å². The second-order valence-corrected chi connectivity index (χ2v) is 6.87. The number of aliphatic hydroxyl groups excluding tert-OH is 1. The van der Waals surface area contributed by atoms with E-state index < -0.39 is 0 Å². The largest absolute Gasteiger partial charge is 0.390 e. The first kappa shape index (κ1) is 16.4. The van der Waals surface area contributed by atoms with Gasteiger partial charge in [-0.15, -0.1) is 10.2 Å². The van der Waals surface area contributed by atoms with Gasteiger partial charge in [0.05, 0.1) is 18.5 Å². The molecule has 1 aliphatic rings. The number of piperazine rings is 1. The molecule has 3 rings (SSSR count). The topological polar surface area (TPSA) is 70.3 Å². The number of rotatable bonds is 6. The highest BCUT2D eigenvalue weighted by Gasteiger charge is 2.20. The molecule has 3 heterocycles. The minimum Gasteiger partial charge on any atom is -0.390 e. The second kappa shape index (κ2) is 7.37. The number of likely N-dealkylation sites (N-methyl/N-ethyl adjacent to an activating group) is 1. The number of nitrogens with zero attached hydrogens (tertiary/aromatic N) is 6. The van der Waals surface area contributed by atoms with Gasteiger partial charge in [-0.2, -0.15) is 0 Å². The monoisotopic (exact) mass is 336 g/mol. The lowest BCUT2D eigenvalue weighted by molar-refractivity contribution is 0.270. The Kier molecular flexibility index (Phi) is 5.24. The van der Waals surface area contributed by atoms with Crippen molar-refractivity contribution in [2.45, 2.75) is 32.9 Å². The fourth-order valence-electron chi connectivity index (χ4n) is 2.71. The van der Waals surface area contributed by atoms with Crippen molar-refractivity contribution in [3.8, 4) is 10.8 Å². The maximum Gasteiger partial charge on any atom is 0.208 e. The molecular weight excluding hydrogens is 312 g/mol. The molecule has 8 heteroatoms. The highest BCUT2D eigenvalue weighted by Crippen LogP contribution is 2.29. The Morgan fingerprint density at radius 3 is 2.70 bits per heavy atom. The molecule has 1 saturated heterocycles. The van der Waals surface area contributed by atoms with Crippen LogP contribution < -0.4 is 4.90 Å². The van der Waals surface area contributed by atoms with E-state index in [4.69, 9.17) is 0 Å². The molecule has 23 heavy (non-hydrogen) atoms. The number of anilines is 1. The zero-order valence-corrected chi connectivity index (χ0v) is 14.6. The summed E-state index contributed by atoms with van der Waals surface area (Å²) in [5.74, 6) is 0.820. The van der Waals surface area contributed by atoms with Gasteiger partial charge in [-0.1, -0.05) is 24.7 Å². The van der Waals surface area contributed by atoms with Crippen LogP contribution in [0.1, 0.15) is 25.5 Å². The van der Waals surface area contributed by atoms with Crippen LogP contribution in [-0.4, -0.2) is 63.0 Å². The van der Waals surface area contributed by atoms with Crippen molar-refractivity contribution in [3.05, 3.63) is 11.9 Å². The first-order valence-electron chi connectivity index (χ1n) is 8.15. The third kappa shape index (κ3) is 3.54. The third-order valence-corrected chi connectivity index (χ3v) is 5.19. The van der Waals surface area contributed by atoms with Crippen LogP contribution in [0.4, 0.5) is 5.13 Å². The quantitative estimate of drug-likeness (QED) is 0.861. The summed E-state index contributed by atoms with van der Waals surface area (Å²) >= 11 is 1.59. The number of aromatic nitrogens is 4. The van der Waals surface area contributed by atoms with Crippen molar-refractivity contribution in [2.75, 3.05) is 38.1 Å². The average Bonchev–Trinajstić information content (AvgIpc) is 3.19. The molecule has 0 amide bonds. The number of aliphatic hydroxyl groups is 1. The summed E-state index contributed by atoms with van der Waals surface area (Å²) in [7, 11) is 2.14. The van der Waals surface area contributed by atoms with E-state index in [0.717, 1.165) is 67.2 Å². The summed E-state index contributed by atoms with van der Waals surface area (Å²) < 4.78 is 2.07. The molecule has 0 spiro atoms. The second-order valence-electron chi connectivity index (χ2n) is 5.92. The van der Waals surface area contributed by atoms with Crippen molar-refractivity contribution >= 4 is 16.5 Å². The van der Waals surface area contributed by atoms with Gasteiger partial charge in [0.15, 0.2) is 10.8 Å². The molecule has 0 aliphatic carbocycles. The van der Waals surface area contributed by atoms with Crippen molar-refractivity contribution in [1.82, 2.24) is 24.6 Å². The molecule has 0 saturated carbocycles. The molecule has 1 aliphatic heterocycles. The Balaban J connectivity index is 1.81. The zero-order chi connectivity index (χ0) is 16.2. The lowest BCUT2D eigenvalue weighted by Crippen LogP contribution is -2.44. The van der Waals surface area contributed by atoms with E-state index in [-0.39, 0.29) is 6.61 Å². The van der Waals surface area contributed by atoms with Crippen LogP contribution in [0.15, 0.2) is 6.20 Å². The maximum atomic E-state index is 9.51. The van der Waals surface area contributed by atoms with Gasteiger partial charge in [-0.3, -0.25) is 0 Å². The summed E-state index contributed by atoms with van der Waals surface area (Å²) in [5, 5.41) is 20.0. The molecule has 0 unspecified atom stereocenters. The molecule has 0 aromatic carbocycles. The van der Waals surface area contributed by atoms with Gasteiger partial charge in [0, 0.05) is 32.7 Å². The van der Waals surface area contributed by atoms with Crippen LogP contribution in [0.3, 0.4) is 0 Å². The van der Waals surface area contributed by atoms with E-state index in [1.165, 1.54) is 0 Å². The molecular formula is C15H24N6OS. The van der Waals surface area contributed by atoms with E-state index in [1.54, 1.807) is 17.5 Å². The Morgan fingerprint density at radius 2 is 2.00 bits per heavy atom. The minimum absolute atomic E-state index is 0.000828. The smallest absolute Gasteiger partial charge is 0.208 e. The molecule has 2 aromatic heterocycles. The van der Waals surface area contributed by atoms with Gasteiger partial charge in [0.2, 0.25) is 5.13 Å². The Labute approximate surface area is 140 Å². The van der Waals surface area contributed by atoms with Crippen LogP contribution in [0, 0.1) is 0 Å². The average molecular weight is 336 g/mol. The lowest BCUT2D eigenvalue weighted by Gasteiger charge is -2.31. The van der Waals surface area contributed by atoms with Crippen LogP contribution in [0.5, 0.6) is 0 Å². The summed E-state index contributed by atoms with van der Waals surface area (Å²) in [6.45, 7) is 7.08. The number of hydrogen-bond acceptors (Lipinski definition) is 7. The van der Waals surface area contributed by atoms with Gasteiger partial charge in [-0.25, -0.2) is 4.98 Å². The normalized spacial score (nSPS) is 16.2. The number of unbranched alkanes of at least 4 members (excludes halogenated alkanes) is 1. The molecule has 126 valence electrons. The summed E-state index contributed by atoms with van der Waals surface area (Å²) in [4.78, 5) is 9.07. The molecule has 0 bridgehead atoms. The van der Waals surface area contributed by atoms with Gasteiger partial charge in [0.1, 0.15) is 0 Å². The van der Waals surface area contributed by atoms with Crippen LogP contribution in [0.2, 0.25) is 0 Å². The van der Waals surface area contributed by atoms with Crippen LogP contribution >= 0.6 is 11.3 Å². The predicted octanol–water partition coefficient (Wildman–Crippen LogP) is 1.45. The van der Waals surface area contributed by atoms with Gasteiger partial charge in [0.25, 0.3) is 0 Å². The lowest BCUT2D eigenvalue weighted by atomic mass is 10.3. The van der Waals surface area contributed by atoms with E-state index in [9.17, 15) is 5.11 Å². The molecule has 0 atom stereocenters. The van der Waals surface area contributed by atoms with E-state index in [1.807, 2.05) is 0 Å². The minimum atomic E-state index is 0.000828. The van der Waals surface area contributed by atoms with Crippen molar-refractivity contribution in [2.24, 2.45) is 0 Å². The fraction of sp³-hybridized carbons (Fsp3) is 0.667. The van der Waals surface area contributed by atoms with Crippen molar-refractivity contribution in [1.29, 1.82) is 0 Å². The van der Waals surface area contributed by atoms with Gasteiger partial charge in [-0.05, 0) is 13.5 Å². The summed E-state index contributed by atoms with van der Waals surface area (Å²) in [5.41, 5.74) is 0.838. The molecule has 7 nitrogen and oxygen atoms in total. The van der Waals surface area contributed by atoms with E-state index in [0.29, 0.717) is 0 Å². The van der Waals surface area contributed by atoms with E-state index in [2.05, 4.69) is 43.5 Å². The third-order valence-electron chi connectivity index (χ3n) is 4.21. The Morgan fingerprint density at radius 1 is 1.22 bits per heavy atom. The zero-order valence-electron chi connectivity index (χ0n) is 13.8. The highest BCUT2D eigenvalue weighted by molar-refractivity contribution is 7.18. The maximum absolute atomic E-state index is 9.51. The summed E-state index contributed by atoms with van der Waals surface area (Å²) in [6, 6.07) is 0. The molecule has 2 aromatic rings. The van der Waals surface area contributed by atoms with Crippen molar-refractivity contribution in [3.63, 3.8) is 0 Å². The highest BCUT2D eigenvalue weighted by atomic mass is 32.1.